The summed E-state index contributed by atoms with van der Waals surface area (Å²) in [5, 5.41) is 8.05. The van der Waals surface area contributed by atoms with Crippen LogP contribution in [0.5, 0.6) is 5.75 Å². The van der Waals surface area contributed by atoms with Crippen molar-refractivity contribution >= 4 is 11.5 Å². The fraction of sp³-hybridized carbons (Fsp3) is 0.556. The van der Waals surface area contributed by atoms with Crippen molar-refractivity contribution in [3.63, 3.8) is 0 Å². The Morgan fingerprint density at radius 2 is 2.00 bits per heavy atom. The van der Waals surface area contributed by atoms with Gasteiger partial charge in [-0.1, -0.05) is 13.0 Å². The number of likely N-dealkylation sites (tertiary alicyclic amines) is 1. The highest BCUT2D eigenvalue weighted by molar-refractivity contribution is 6.09. The third-order valence-corrected chi connectivity index (χ3v) is 5.89. The molecule has 188 valence electrons. The summed E-state index contributed by atoms with van der Waals surface area (Å²) >= 11 is 0. The van der Waals surface area contributed by atoms with Crippen LogP contribution in [0.2, 0.25) is 0 Å². The molecule has 0 radical (unpaired) electrons. The number of piperidine rings is 1. The minimum absolute atomic E-state index is 0.209. The summed E-state index contributed by atoms with van der Waals surface area (Å²) < 4.78 is 11.2. The van der Waals surface area contributed by atoms with Crippen molar-refractivity contribution in [2.24, 2.45) is 10.7 Å². The second-order valence-corrected chi connectivity index (χ2v) is 8.98. The summed E-state index contributed by atoms with van der Waals surface area (Å²) in [6, 6.07) is 5.82. The fourth-order valence-electron chi connectivity index (χ4n) is 3.91. The first-order valence-corrected chi connectivity index (χ1v) is 12.3. The van der Waals surface area contributed by atoms with Gasteiger partial charge in [0.05, 0.1) is 13.2 Å². The molecule has 7 nitrogen and oxygen atoms in total. The molecule has 0 spiro atoms. The maximum absolute atomic E-state index is 8.05. The van der Waals surface area contributed by atoms with Gasteiger partial charge in [0.1, 0.15) is 24.0 Å². The van der Waals surface area contributed by atoms with Crippen LogP contribution in [0.3, 0.4) is 0 Å². The minimum atomic E-state index is 0.209. The van der Waals surface area contributed by atoms with Crippen molar-refractivity contribution in [1.29, 1.82) is 5.41 Å². The summed E-state index contributed by atoms with van der Waals surface area (Å²) in [6.45, 7) is 8.58. The van der Waals surface area contributed by atoms with E-state index in [1.165, 1.54) is 0 Å². The first-order valence-electron chi connectivity index (χ1n) is 12.3. The Kier molecular flexibility index (Phi) is 11.8. The van der Waals surface area contributed by atoms with Gasteiger partial charge in [-0.05, 0) is 77.1 Å². The quantitative estimate of drug-likeness (QED) is 0.197. The first-order chi connectivity index (χ1) is 16.3. The molecule has 2 rings (SSSR count). The van der Waals surface area contributed by atoms with Gasteiger partial charge in [0.25, 0.3) is 0 Å². The number of hydrogen-bond acceptors (Lipinski definition) is 6. The van der Waals surface area contributed by atoms with Gasteiger partial charge < -0.3 is 30.4 Å². The molecule has 34 heavy (non-hydrogen) atoms. The molecule has 1 aromatic carbocycles. The van der Waals surface area contributed by atoms with E-state index >= 15 is 0 Å². The number of methoxy groups -OCH3 is 1. The zero-order chi connectivity index (χ0) is 24.9. The largest absolute Gasteiger partial charge is 0.497 e. The second kappa shape index (κ2) is 14.6. The number of hydrogen-bond donors (Lipinski definition) is 2. The summed E-state index contributed by atoms with van der Waals surface area (Å²) in [5.41, 5.74) is 8.43. The van der Waals surface area contributed by atoms with E-state index in [4.69, 9.17) is 25.6 Å². The number of rotatable bonds is 13. The highest BCUT2D eigenvalue weighted by atomic mass is 16.5. The summed E-state index contributed by atoms with van der Waals surface area (Å²) in [7, 11) is 5.74. The van der Waals surface area contributed by atoms with Crippen LogP contribution in [0.1, 0.15) is 50.7 Å². The number of benzene rings is 1. The van der Waals surface area contributed by atoms with Crippen LogP contribution in [0.25, 0.3) is 0 Å². The molecule has 7 heteroatoms. The molecule has 1 saturated heterocycles. The average molecular weight is 470 g/mol. The normalized spacial score (nSPS) is 16.4. The zero-order valence-corrected chi connectivity index (χ0v) is 21.6. The smallest absolute Gasteiger partial charge is 0.126 e. The number of nitrogens with zero attached hydrogens (tertiary/aromatic N) is 3. The molecule has 1 heterocycles. The lowest BCUT2D eigenvalue weighted by Crippen LogP contribution is -2.36. The molecule has 0 aliphatic carbocycles. The Hall–Kier alpha value is -2.64. The molecule has 0 saturated carbocycles. The van der Waals surface area contributed by atoms with E-state index in [0.717, 1.165) is 74.5 Å². The predicted octanol–water partition coefficient (Wildman–Crippen LogP) is 4.07. The SMILES string of the molecule is CC/C=C(\C=C/CCN1CCC(N=C(N)c2cc(OC)ccc2C(C)=N)CC1)OCCN(C)C. The molecule has 0 amide bonds. The molecule has 0 bridgehead atoms. The summed E-state index contributed by atoms with van der Waals surface area (Å²) in [4.78, 5) is 9.43. The standard InChI is InChI=1S/C27H43N5O2/c1-6-9-23(34-19-18-31(3)4)10-7-8-15-32-16-13-22(14-17-32)30-27(29)26-20-24(33-5)11-12-25(26)21(2)28/h7,9-12,20,22,28H,6,8,13-19H2,1-5H3,(H2,29,30)/b10-7-,23-9+,28-21?. The van der Waals surface area contributed by atoms with Crippen molar-refractivity contribution in [1.82, 2.24) is 9.80 Å². The Morgan fingerprint density at radius 3 is 2.62 bits per heavy atom. The topological polar surface area (TPSA) is 87.2 Å². The highest BCUT2D eigenvalue weighted by Crippen LogP contribution is 2.20. The molecular weight excluding hydrogens is 426 g/mol. The minimum Gasteiger partial charge on any atom is -0.497 e. The van der Waals surface area contributed by atoms with Gasteiger partial charge in [-0.15, -0.1) is 0 Å². The van der Waals surface area contributed by atoms with Gasteiger partial charge in [0, 0.05) is 43.0 Å². The van der Waals surface area contributed by atoms with Gasteiger partial charge in [0.15, 0.2) is 0 Å². The van der Waals surface area contributed by atoms with Gasteiger partial charge >= 0.3 is 0 Å². The maximum atomic E-state index is 8.05. The van der Waals surface area contributed by atoms with Gasteiger partial charge in [0.2, 0.25) is 0 Å². The lowest BCUT2D eigenvalue weighted by molar-refractivity contribution is 0.192. The van der Waals surface area contributed by atoms with Crippen molar-refractivity contribution < 1.29 is 9.47 Å². The number of allylic oxidation sites excluding steroid dienone is 2. The first kappa shape index (κ1) is 27.6. The second-order valence-electron chi connectivity index (χ2n) is 8.98. The lowest BCUT2D eigenvalue weighted by atomic mass is 10.0. The van der Waals surface area contributed by atoms with Crippen molar-refractivity contribution in [3.05, 3.63) is 53.3 Å². The van der Waals surface area contributed by atoms with E-state index in [2.05, 4.69) is 49.0 Å². The van der Waals surface area contributed by atoms with E-state index < -0.39 is 0 Å². The number of amidine groups is 1. The van der Waals surface area contributed by atoms with Crippen LogP contribution in [0.4, 0.5) is 0 Å². The van der Waals surface area contributed by atoms with Crippen LogP contribution in [0, 0.1) is 5.41 Å². The van der Waals surface area contributed by atoms with Crippen molar-refractivity contribution in [2.45, 2.75) is 45.6 Å². The molecule has 0 unspecified atom stereocenters. The molecule has 1 aromatic rings. The van der Waals surface area contributed by atoms with E-state index in [1.54, 1.807) is 14.0 Å². The van der Waals surface area contributed by atoms with Crippen molar-refractivity contribution in [2.75, 3.05) is 54.0 Å². The Labute approximate surface area is 205 Å². The number of likely N-dealkylation sites (N-methyl/N-ethyl adjacent to an activating group) is 1. The van der Waals surface area contributed by atoms with Crippen LogP contribution < -0.4 is 10.5 Å². The van der Waals surface area contributed by atoms with Gasteiger partial charge in [-0.2, -0.15) is 0 Å². The number of ether oxygens (including phenoxy) is 2. The van der Waals surface area contributed by atoms with E-state index in [-0.39, 0.29) is 6.04 Å². The molecule has 0 atom stereocenters. The van der Waals surface area contributed by atoms with Gasteiger partial charge in [-0.3, -0.25) is 4.99 Å². The van der Waals surface area contributed by atoms with Crippen LogP contribution in [-0.4, -0.2) is 81.4 Å². The molecule has 3 N–H and O–H groups in total. The van der Waals surface area contributed by atoms with Crippen LogP contribution >= 0.6 is 0 Å². The molecule has 1 aliphatic heterocycles. The molecule has 1 aliphatic rings. The van der Waals surface area contributed by atoms with E-state index in [0.29, 0.717) is 18.2 Å². The summed E-state index contributed by atoms with van der Waals surface area (Å²) in [6.07, 6.45) is 10.4. The third-order valence-electron chi connectivity index (χ3n) is 5.89. The summed E-state index contributed by atoms with van der Waals surface area (Å²) in [5.74, 6) is 2.18. The van der Waals surface area contributed by atoms with Crippen LogP contribution in [0.15, 0.2) is 47.2 Å². The predicted molar refractivity (Wildman–Crippen MR) is 142 cm³/mol. The monoisotopic (exact) mass is 469 g/mol. The maximum Gasteiger partial charge on any atom is 0.126 e. The zero-order valence-electron chi connectivity index (χ0n) is 21.6. The average Bonchev–Trinajstić information content (AvgIpc) is 2.82. The Bertz CT molecular complexity index is 868. The Balaban J connectivity index is 1.84. The fourth-order valence-corrected chi connectivity index (χ4v) is 3.91. The number of nitrogens with one attached hydrogen (secondary N) is 1. The molecule has 1 fully saturated rings. The molecule has 0 aromatic heterocycles. The number of aliphatic imine (C=N–C) groups is 1. The van der Waals surface area contributed by atoms with Crippen LogP contribution in [-0.2, 0) is 4.74 Å². The highest BCUT2D eigenvalue weighted by Gasteiger charge is 2.19. The van der Waals surface area contributed by atoms with E-state index in [9.17, 15) is 0 Å². The molecular formula is C27H43N5O2. The van der Waals surface area contributed by atoms with Gasteiger partial charge in [-0.25, -0.2) is 0 Å². The van der Waals surface area contributed by atoms with Crippen molar-refractivity contribution in [3.8, 4) is 5.75 Å². The van der Waals surface area contributed by atoms with E-state index in [1.807, 2.05) is 18.2 Å². The lowest BCUT2D eigenvalue weighted by Gasteiger charge is -2.30. The number of nitrogens with two attached hydrogens (primary N) is 1. The third kappa shape index (κ3) is 9.31. The Morgan fingerprint density at radius 1 is 1.26 bits per heavy atom.